The number of nitrogens with zero attached hydrogens (tertiary/aromatic N) is 1. The van der Waals surface area contributed by atoms with Crippen molar-refractivity contribution in [3.63, 3.8) is 0 Å². The van der Waals surface area contributed by atoms with Crippen LogP contribution in [0.15, 0.2) is 48.6 Å². The van der Waals surface area contributed by atoms with Crippen molar-refractivity contribution in [2.24, 2.45) is 5.92 Å². The van der Waals surface area contributed by atoms with Crippen LogP contribution in [0.5, 0.6) is 0 Å². The molecule has 274 valence electrons. The largest absolute Gasteiger partial charge is 0.376 e. The second-order valence-corrected chi connectivity index (χ2v) is 14.6. The smallest absolute Gasteiger partial charge is 0.0839 e. The van der Waals surface area contributed by atoms with Gasteiger partial charge in [-0.2, -0.15) is 0 Å². The number of hydrogen-bond donors (Lipinski definition) is 0. The van der Waals surface area contributed by atoms with Crippen LogP contribution in [-0.4, -0.2) is 51.0 Å². The number of ether oxygens (including phenoxy) is 2. The molecule has 1 aliphatic rings. The summed E-state index contributed by atoms with van der Waals surface area (Å²) in [6.45, 7) is 7.52. The molecule has 3 atom stereocenters. The van der Waals surface area contributed by atoms with E-state index in [-0.39, 0.29) is 0 Å². The Bertz CT molecular complexity index is 754. The summed E-state index contributed by atoms with van der Waals surface area (Å²) >= 11 is 0. The first-order valence-electron chi connectivity index (χ1n) is 20.6. The Labute approximate surface area is 295 Å². The quantitative estimate of drug-likeness (QED) is 0.0519. The minimum absolute atomic E-state index is 0.291. The lowest BCUT2D eigenvalue weighted by Gasteiger charge is -2.36. The van der Waals surface area contributed by atoms with Crippen molar-refractivity contribution in [2.45, 2.75) is 193 Å². The molecule has 0 amide bonds. The standard InChI is InChI=1S/C44H81NO2/c1-5-7-9-11-13-15-17-19-21-23-25-27-29-31-33-39-46-43-36-35-42(37-38-45(3)4)41-44(43)47-40-34-32-30-28-26-24-22-20-18-16-14-12-10-8-6-2/h13-16,19-22,42-44H,5-12,17-18,23-41H2,1-4H3. The van der Waals surface area contributed by atoms with E-state index in [1.54, 1.807) is 0 Å². The van der Waals surface area contributed by atoms with E-state index in [4.69, 9.17) is 9.47 Å². The molecule has 0 radical (unpaired) electrons. The molecule has 0 aliphatic heterocycles. The van der Waals surface area contributed by atoms with Gasteiger partial charge >= 0.3 is 0 Å². The molecule has 1 aliphatic carbocycles. The highest BCUT2D eigenvalue weighted by atomic mass is 16.5. The van der Waals surface area contributed by atoms with Gasteiger partial charge in [0.25, 0.3) is 0 Å². The van der Waals surface area contributed by atoms with Crippen molar-refractivity contribution in [1.29, 1.82) is 0 Å². The SMILES string of the molecule is CCCCCC=CCC=CCCCCCCCOC1CCC(CCN(C)C)CC1OCCCCCCCC=CCC=CCCCCC. The maximum Gasteiger partial charge on any atom is 0.0839 e. The summed E-state index contributed by atoms with van der Waals surface area (Å²) in [6, 6.07) is 0. The van der Waals surface area contributed by atoms with Gasteiger partial charge in [0, 0.05) is 13.2 Å². The van der Waals surface area contributed by atoms with Gasteiger partial charge in [-0.25, -0.2) is 0 Å². The number of allylic oxidation sites excluding steroid dienone is 8. The van der Waals surface area contributed by atoms with Gasteiger partial charge < -0.3 is 14.4 Å². The minimum Gasteiger partial charge on any atom is -0.376 e. The van der Waals surface area contributed by atoms with Crippen LogP contribution < -0.4 is 0 Å². The third kappa shape index (κ3) is 29.5. The molecule has 3 heteroatoms. The molecule has 0 aromatic heterocycles. The molecular weight excluding hydrogens is 574 g/mol. The minimum atomic E-state index is 0.291. The van der Waals surface area contributed by atoms with E-state index in [0.29, 0.717) is 12.2 Å². The van der Waals surface area contributed by atoms with Crippen LogP contribution >= 0.6 is 0 Å². The Morgan fingerprint density at radius 1 is 0.489 bits per heavy atom. The Kier molecular flexibility index (Phi) is 32.4. The van der Waals surface area contributed by atoms with Crippen LogP contribution in [0, 0.1) is 5.92 Å². The molecule has 0 bridgehead atoms. The van der Waals surface area contributed by atoms with Gasteiger partial charge in [-0.3, -0.25) is 0 Å². The fourth-order valence-corrected chi connectivity index (χ4v) is 6.55. The molecule has 1 fully saturated rings. The summed E-state index contributed by atoms with van der Waals surface area (Å²) in [4.78, 5) is 2.32. The molecule has 3 unspecified atom stereocenters. The highest BCUT2D eigenvalue weighted by molar-refractivity contribution is 4.93. The summed E-state index contributed by atoms with van der Waals surface area (Å²) in [7, 11) is 4.39. The average Bonchev–Trinajstić information content (AvgIpc) is 3.07. The number of hydrogen-bond acceptors (Lipinski definition) is 3. The normalized spacial score (nSPS) is 19.1. The van der Waals surface area contributed by atoms with Crippen molar-refractivity contribution < 1.29 is 9.47 Å². The monoisotopic (exact) mass is 656 g/mol. The molecule has 0 spiro atoms. The molecule has 1 rings (SSSR count). The van der Waals surface area contributed by atoms with Crippen molar-refractivity contribution in [3.05, 3.63) is 48.6 Å². The van der Waals surface area contributed by atoms with Gasteiger partial charge in [-0.1, -0.05) is 127 Å². The molecule has 0 aromatic rings. The van der Waals surface area contributed by atoms with E-state index in [2.05, 4.69) is 81.5 Å². The third-order valence-corrected chi connectivity index (χ3v) is 9.68. The summed E-state index contributed by atoms with van der Waals surface area (Å²) < 4.78 is 13.1. The predicted molar refractivity (Wildman–Crippen MR) is 209 cm³/mol. The fourth-order valence-electron chi connectivity index (χ4n) is 6.55. The van der Waals surface area contributed by atoms with Gasteiger partial charge in [0.2, 0.25) is 0 Å². The lowest BCUT2D eigenvalue weighted by Crippen LogP contribution is -2.39. The van der Waals surface area contributed by atoms with Crippen molar-refractivity contribution in [2.75, 3.05) is 33.9 Å². The van der Waals surface area contributed by atoms with E-state index in [9.17, 15) is 0 Å². The lowest BCUT2D eigenvalue weighted by atomic mass is 9.83. The lowest BCUT2D eigenvalue weighted by molar-refractivity contribution is -0.104. The molecule has 0 N–H and O–H groups in total. The fraction of sp³-hybridized carbons (Fsp3) is 0.818. The van der Waals surface area contributed by atoms with Gasteiger partial charge in [0.05, 0.1) is 12.2 Å². The highest BCUT2D eigenvalue weighted by Gasteiger charge is 2.31. The molecular formula is C44H81NO2. The van der Waals surface area contributed by atoms with Gasteiger partial charge in [-0.15, -0.1) is 0 Å². The summed E-state index contributed by atoms with van der Waals surface area (Å²) in [5, 5.41) is 0. The van der Waals surface area contributed by atoms with Crippen LogP contribution in [0.2, 0.25) is 0 Å². The van der Waals surface area contributed by atoms with E-state index < -0.39 is 0 Å². The first-order valence-corrected chi connectivity index (χ1v) is 20.6. The zero-order chi connectivity index (χ0) is 33.9. The predicted octanol–water partition coefficient (Wildman–Crippen LogP) is 13.4. The molecule has 1 saturated carbocycles. The van der Waals surface area contributed by atoms with Crippen molar-refractivity contribution >= 4 is 0 Å². The maximum absolute atomic E-state index is 6.56. The van der Waals surface area contributed by atoms with Gasteiger partial charge in [0.1, 0.15) is 0 Å². The molecule has 0 aromatic carbocycles. The van der Waals surface area contributed by atoms with E-state index in [1.165, 1.54) is 161 Å². The molecule has 3 nitrogen and oxygen atoms in total. The zero-order valence-corrected chi connectivity index (χ0v) is 32.1. The molecule has 47 heavy (non-hydrogen) atoms. The van der Waals surface area contributed by atoms with Gasteiger partial charge in [0.15, 0.2) is 0 Å². The summed E-state index contributed by atoms with van der Waals surface area (Å²) in [6.07, 6.45) is 52.4. The van der Waals surface area contributed by atoms with E-state index in [1.807, 2.05) is 0 Å². The van der Waals surface area contributed by atoms with E-state index in [0.717, 1.165) is 32.0 Å². The number of rotatable bonds is 33. The Morgan fingerprint density at radius 3 is 1.38 bits per heavy atom. The Morgan fingerprint density at radius 2 is 0.915 bits per heavy atom. The molecule has 0 saturated heterocycles. The van der Waals surface area contributed by atoms with Crippen molar-refractivity contribution in [1.82, 2.24) is 4.90 Å². The second-order valence-electron chi connectivity index (χ2n) is 14.6. The van der Waals surface area contributed by atoms with Crippen LogP contribution in [-0.2, 0) is 9.47 Å². The topological polar surface area (TPSA) is 21.7 Å². The Balaban J connectivity index is 2.15. The zero-order valence-electron chi connectivity index (χ0n) is 32.1. The second kappa shape index (κ2) is 34.7. The maximum atomic E-state index is 6.56. The molecule has 0 heterocycles. The van der Waals surface area contributed by atoms with Crippen LogP contribution in [0.4, 0.5) is 0 Å². The van der Waals surface area contributed by atoms with Crippen LogP contribution in [0.3, 0.4) is 0 Å². The summed E-state index contributed by atoms with van der Waals surface area (Å²) in [5.74, 6) is 0.780. The van der Waals surface area contributed by atoms with Gasteiger partial charge in [-0.05, 0) is 129 Å². The summed E-state index contributed by atoms with van der Waals surface area (Å²) in [5.41, 5.74) is 0. The average molecular weight is 656 g/mol. The highest BCUT2D eigenvalue weighted by Crippen LogP contribution is 2.31. The first kappa shape index (κ1) is 43.9. The number of unbranched alkanes of at least 4 members (excludes halogenated alkanes) is 16. The van der Waals surface area contributed by atoms with Crippen LogP contribution in [0.25, 0.3) is 0 Å². The third-order valence-electron chi connectivity index (χ3n) is 9.68. The van der Waals surface area contributed by atoms with Crippen LogP contribution in [0.1, 0.15) is 181 Å². The first-order chi connectivity index (χ1) is 23.2. The Hall–Kier alpha value is -1.16. The van der Waals surface area contributed by atoms with Crippen molar-refractivity contribution in [3.8, 4) is 0 Å². The van der Waals surface area contributed by atoms with E-state index >= 15 is 0 Å².